The van der Waals surface area contributed by atoms with Crippen molar-refractivity contribution in [1.82, 2.24) is 40.5 Å². The fraction of sp³-hybridized carbons (Fsp3) is 0.222. The number of rotatable bonds is 9. The van der Waals surface area contributed by atoms with Gasteiger partial charge in [-0.2, -0.15) is 0 Å². The van der Waals surface area contributed by atoms with Gasteiger partial charge in [-0.25, -0.2) is 29.6 Å². The number of aromatic carboxylic acids is 1. The Hall–Kier alpha value is -5.10. The van der Waals surface area contributed by atoms with Crippen molar-refractivity contribution in [1.29, 1.82) is 0 Å². The predicted octanol–water partition coefficient (Wildman–Crippen LogP) is 2.58. The van der Waals surface area contributed by atoms with E-state index in [-0.39, 0.29) is 40.6 Å². The van der Waals surface area contributed by atoms with Crippen molar-refractivity contribution in [2.75, 3.05) is 72.8 Å². The Kier molecular flexibility index (Phi) is 14.9. The van der Waals surface area contributed by atoms with Crippen LogP contribution < -0.4 is 60.6 Å². The summed E-state index contributed by atoms with van der Waals surface area (Å²) in [7, 11) is 0. The zero-order chi connectivity index (χ0) is 36.4. The summed E-state index contributed by atoms with van der Waals surface area (Å²) in [5.74, 6) is 0.500. The zero-order valence-corrected chi connectivity index (χ0v) is 33.5. The van der Waals surface area contributed by atoms with Gasteiger partial charge in [-0.1, -0.05) is 22.7 Å². The molecule has 0 bridgehead atoms. The number of carboxylic acids is 1. The summed E-state index contributed by atoms with van der Waals surface area (Å²) in [6.45, 7) is 15.0. The van der Waals surface area contributed by atoms with E-state index in [4.69, 9.17) is 11.7 Å². The van der Waals surface area contributed by atoms with Gasteiger partial charge < -0.3 is 41.6 Å². The molecule has 0 unspecified atom stereocenters. The molecule has 276 valence electrons. The average Bonchev–Trinajstić information content (AvgIpc) is 3.89. The second-order valence-electron chi connectivity index (χ2n) is 11.9. The molecule has 0 radical (unpaired) electrons. The number of carbonyl (C=O) groups is 1. The van der Waals surface area contributed by atoms with E-state index in [1.54, 1.807) is 43.2 Å². The maximum absolute atomic E-state index is 11.1. The molecule has 6 aromatic heterocycles. The molecule has 6 N–H and O–H groups in total. The van der Waals surface area contributed by atoms with Crippen LogP contribution in [-0.2, 0) is 0 Å². The van der Waals surface area contributed by atoms with Gasteiger partial charge >= 0.3 is 35.5 Å². The third-order valence-electron chi connectivity index (χ3n) is 8.34. The first-order valence-electron chi connectivity index (χ1n) is 16.8. The van der Waals surface area contributed by atoms with Gasteiger partial charge in [-0.3, -0.25) is 9.97 Å². The van der Waals surface area contributed by atoms with Crippen LogP contribution in [0.25, 0.3) is 25.7 Å². The molecule has 2 aliphatic heterocycles. The van der Waals surface area contributed by atoms with E-state index in [2.05, 4.69) is 65.8 Å². The van der Waals surface area contributed by atoms with Gasteiger partial charge in [0.15, 0.2) is 10.3 Å². The van der Waals surface area contributed by atoms with Crippen LogP contribution in [0.4, 0.5) is 39.0 Å². The molecule has 2 aliphatic rings. The number of thiazole rings is 2. The van der Waals surface area contributed by atoms with Crippen molar-refractivity contribution in [2.24, 2.45) is 0 Å². The van der Waals surface area contributed by atoms with Crippen molar-refractivity contribution in [3.8, 4) is 20.9 Å². The van der Waals surface area contributed by atoms with Gasteiger partial charge in [-0.15, -0.1) is 0 Å². The number of hydrogen-bond acceptors (Lipinski definition) is 16. The summed E-state index contributed by atoms with van der Waals surface area (Å²) < 4.78 is 0. The Balaban J connectivity index is 0.000000204. The molecule has 8 rings (SSSR count). The largest absolute Gasteiger partial charge is 1.00 e. The summed E-state index contributed by atoms with van der Waals surface area (Å²) in [6.07, 6.45) is 13.4. The van der Waals surface area contributed by atoms with E-state index in [1.807, 2.05) is 36.5 Å². The molecule has 0 atom stereocenters. The summed E-state index contributed by atoms with van der Waals surface area (Å²) >= 11 is 2.94. The number of anilines is 6. The summed E-state index contributed by atoms with van der Waals surface area (Å²) in [5.41, 5.74) is 4.59. The van der Waals surface area contributed by atoms with E-state index >= 15 is 0 Å². The Morgan fingerprint density at radius 3 is 1.69 bits per heavy atom. The van der Waals surface area contributed by atoms with Crippen LogP contribution >= 0.6 is 22.7 Å². The topological polar surface area (TPSA) is 204 Å². The second kappa shape index (κ2) is 20.0. The van der Waals surface area contributed by atoms with Crippen LogP contribution in [0.2, 0.25) is 0 Å². The molecule has 8 heterocycles. The van der Waals surface area contributed by atoms with Crippen molar-refractivity contribution < 1.29 is 44.9 Å². The van der Waals surface area contributed by atoms with Crippen molar-refractivity contribution >= 4 is 67.6 Å². The molecule has 19 heteroatoms. The third kappa shape index (κ3) is 11.0. The van der Waals surface area contributed by atoms with Crippen LogP contribution in [0.3, 0.4) is 0 Å². The quantitative estimate of drug-likeness (QED) is 0.106. The number of aromatic nitrogens is 6. The first-order valence-corrected chi connectivity index (χ1v) is 18.4. The molecular weight excluding hydrogens is 750 g/mol. The van der Waals surface area contributed by atoms with E-state index in [0.717, 1.165) is 101 Å². The molecule has 6 aromatic rings. The minimum absolute atomic E-state index is 0. The monoisotopic (exact) mass is 785 g/mol. The van der Waals surface area contributed by atoms with Crippen molar-refractivity contribution in [3.63, 3.8) is 0 Å². The minimum Gasteiger partial charge on any atom is -0.870 e. The number of pyridine rings is 4. The summed E-state index contributed by atoms with van der Waals surface area (Å²) in [6, 6.07) is 11.5. The fourth-order valence-electron chi connectivity index (χ4n) is 5.68. The Morgan fingerprint density at radius 1 is 0.709 bits per heavy atom. The standard InChI is InChI=1S/C18H17N7S.C18H18N6O2S.Na.H2O/c1-19-14-8-13(10-21-11-14)16-12-23-18(26-16)24-17-9-15(2-3-22-17)25-6-4-20-5-7-25;25-17(26)13-7-12(9-20-10-13)15-11-22-18(27-15)23-16-8-14(1-2-21-16)24-5-3-19-4-6-24;;/h2-3,8-12,20H,4-7H2,(H,22,23,24);1-2,7-11,19H,3-6H2,(H,25,26)(H,21,22,23);;1H2/q;;+1;/p-1. The Morgan fingerprint density at radius 2 is 1.20 bits per heavy atom. The van der Waals surface area contributed by atoms with Crippen molar-refractivity contribution in [3.05, 3.63) is 103 Å². The van der Waals surface area contributed by atoms with Crippen LogP contribution in [0.15, 0.2) is 86.0 Å². The molecule has 2 saturated heterocycles. The summed E-state index contributed by atoms with van der Waals surface area (Å²) in [5, 5.41) is 23.8. The maximum atomic E-state index is 11.1. The van der Waals surface area contributed by atoms with Gasteiger partial charge in [-0.05, 0) is 24.3 Å². The van der Waals surface area contributed by atoms with Gasteiger partial charge in [0.25, 0.3) is 0 Å². The molecule has 0 amide bonds. The number of nitrogens with zero attached hydrogens (tertiary/aromatic N) is 9. The molecule has 0 aliphatic carbocycles. The van der Waals surface area contributed by atoms with E-state index in [0.29, 0.717) is 10.8 Å². The molecule has 0 spiro atoms. The third-order valence-corrected chi connectivity index (χ3v) is 10.3. The molecule has 16 nitrogen and oxygen atoms in total. The zero-order valence-electron chi connectivity index (χ0n) is 29.9. The van der Waals surface area contributed by atoms with Crippen LogP contribution in [-0.4, -0.2) is 98.8 Å². The minimum atomic E-state index is -0.999. The van der Waals surface area contributed by atoms with E-state index in [1.165, 1.54) is 28.9 Å². The molecular formula is C36H36N13NaO3S2. The molecule has 55 heavy (non-hydrogen) atoms. The molecule has 0 saturated carbocycles. The average molecular weight is 786 g/mol. The molecule has 0 aromatic carbocycles. The van der Waals surface area contributed by atoms with Crippen LogP contribution in [0.1, 0.15) is 10.4 Å². The maximum Gasteiger partial charge on any atom is 1.00 e. The van der Waals surface area contributed by atoms with Crippen molar-refractivity contribution in [2.45, 2.75) is 0 Å². The SMILES string of the molecule is O=C(O)c1cncc(-c2cnc(Nc3cc(N4CCNCC4)ccn3)s2)c1.[C-]#[N+]c1cncc(-c2cnc(Nc3cc(N4CCNCC4)ccn3)s2)c1.[Na+].[OH-]. The first-order chi connectivity index (χ1) is 26.0. The number of piperazine rings is 2. The second-order valence-corrected chi connectivity index (χ2v) is 14.0. The van der Waals surface area contributed by atoms with Gasteiger partial charge in [0.05, 0.1) is 21.9 Å². The first kappa shape index (κ1) is 41.1. The van der Waals surface area contributed by atoms with Crippen LogP contribution in [0, 0.1) is 6.57 Å². The van der Waals surface area contributed by atoms with Gasteiger partial charge in [0.2, 0.25) is 5.69 Å². The van der Waals surface area contributed by atoms with E-state index in [9.17, 15) is 4.79 Å². The number of carboxylic acid groups (broad SMARTS) is 1. The van der Waals surface area contributed by atoms with E-state index < -0.39 is 5.97 Å². The normalized spacial score (nSPS) is 13.6. The fourth-order valence-corrected chi connectivity index (χ4v) is 7.29. The Bertz CT molecular complexity index is 2220. The number of nitrogens with one attached hydrogen (secondary N) is 4. The predicted molar refractivity (Wildman–Crippen MR) is 211 cm³/mol. The smallest absolute Gasteiger partial charge is 0.870 e. The van der Waals surface area contributed by atoms with Gasteiger partial charge in [0.1, 0.15) is 11.6 Å². The number of hydrogen-bond donors (Lipinski definition) is 5. The Labute approximate surface area is 347 Å². The van der Waals surface area contributed by atoms with Crippen LogP contribution in [0.5, 0.6) is 0 Å². The molecule has 2 fully saturated rings. The summed E-state index contributed by atoms with van der Waals surface area (Å²) in [4.78, 5) is 46.7. The van der Waals surface area contributed by atoms with Gasteiger partial charge in [0, 0.05) is 137 Å².